The van der Waals surface area contributed by atoms with Gasteiger partial charge in [-0.3, -0.25) is 9.59 Å². The highest BCUT2D eigenvalue weighted by Crippen LogP contribution is 2.30. The van der Waals surface area contributed by atoms with Gasteiger partial charge in [0.05, 0.1) is 25.5 Å². The van der Waals surface area contributed by atoms with Crippen LogP contribution < -0.4 is 19.5 Å². The van der Waals surface area contributed by atoms with Gasteiger partial charge in [0.2, 0.25) is 0 Å². The number of carbonyl (C=O) groups excluding carboxylic acids is 2. The lowest BCUT2D eigenvalue weighted by molar-refractivity contribution is -0.0512. The molecule has 0 aromatic heterocycles. The summed E-state index contributed by atoms with van der Waals surface area (Å²) in [6.07, 6.45) is 0. The zero-order valence-corrected chi connectivity index (χ0v) is 18.9. The number of hydrogen-bond acceptors (Lipinski definition) is 5. The predicted molar refractivity (Wildman–Crippen MR) is 123 cm³/mol. The number of ether oxygens (including phenoxy) is 3. The molecule has 3 aromatic carbocycles. The zero-order chi connectivity index (χ0) is 24.7. The fraction of sp³-hybridized carbons (Fsp3) is 0.200. The fourth-order valence-electron chi connectivity index (χ4n) is 3.27. The summed E-state index contributed by atoms with van der Waals surface area (Å²) in [4.78, 5) is 27.2. The Bertz CT molecular complexity index is 1150. The number of rotatable bonds is 9. The van der Waals surface area contributed by atoms with E-state index in [1.807, 2.05) is 0 Å². The predicted octanol–water partition coefficient (Wildman–Crippen LogP) is 4.83. The topological polar surface area (TPSA) is 77.1 Å². The quantitative estimate of drug-likeness (QED) is 0.485. The van der Waals surface area contributed by atoms with E-state index in [-0.39, 0.29) is 35.4 Å². The summed E-state index contributed by atoms with van der Waals surface area (Å²) in [5.74, 6) is -0.0886. The average molecular weight is 470 g/mol. The first-order valence-corrected chi connectivity index (χ1v) is 10.2. The minimum absolute atomic E-state index is 0.114. The second-order valence-electron chi connectivity index (χ2n) is 7.25. The zero-order valence-electron chi connectivity index (χ0n) is 18.9. The Morgan fingerprint density at radius 1 is 0.941 bits per heavy atom. The van der Waals surface area contributed by atoms with Gasteiger partial charge in [0.25, 0.3) is 11.8 Å². The van der Waals surface area contributed by atoms with Crippen molar-refractivity contribution in [2.45, 2.75) is 13.2 Å². The molecule has 0 spiro atoms. The molecule has 178 valence electrons. The number of alkyl halides is 2. The van der Waals surface area contributed by atoms with Crippen molar-refractivity contribution >= 4 is 17.5 Å². The van der Waals surface area contributed by atoms with E-state index in [1.165, 1.54) is 31.3 Å². The molecule has 9 heteroatoms. The average Bonchev–Trinajstić information content (AvgIpc) is 2.83. The SMILES string of the molecule is COc1ccc(C(=O)Nc2ccccc2C(=O)N(C)Cc2ccc(OC)c(OC(F)F)c2)cc1. The molecule has 0 aliphatic rings. The van der Waals surface area contributed by atoms with Gasteiger partial charge in [-0.15, -0.1) is 0 Å². The van der Waals surface area contributed by atoms with E-state index in [4.69, 9.17) is 9.47 Å². The fourth-order valence-corrected chi connectivity index (χ4v) is 3.27. The van der Waals surface area contributed by atoms with Crippen molar-refractivity contribution in [1.82, 2.24) is 4.90 Å². The van der Waals surface area contributed by atoms with Crippen molar-refractivity contribution in [3.8, 4) is 17.2 Å². The molecule has 0 saturated carbocycles. The Balaban J connectivity index is 1.76. The molecule has 0 atom stereocenters. The number of halogens is 2. The van der Waals surface area contributed by atoms with E-state index >= 15 is 0 Å². The van der Waals surface area contributed by atoms with Crippen LogP contribution >= 0.6 is 0 Å². The van der Waals surface area contributed by atoms with Crippen molar-refractivity contribution in [2.24, 2.45) is 0 Å². The number of para-hydroxylation sites is 1. The van der Waals surface area contributed by atoms with Crippen LogP contribution in [0.3, 0.4) is 0 Å². The van der Waals surface area contributed by atoms with Crippen molar-refractivity contribution in [3.05, 3.63) is 83.4 Å². The molecule has 7 nitrogen and oxygen atoms in total. The Morgan fingerprint density at radius 2 is 1.65 bits per heavy atom. The van der Waals surface area contributed by atoms with E-state index < -0.39 is 6.61 Å². The maximum atomic E-state index is 13.1. The van der Waals surface area contributed by atoms with E-state index in [0.717, 1.165) is 0 Å². The summed E-state index contributed by atoms with van der Waals surface area (Å²) in [6, 6.07) is 17.7. The van der Waals surface area contributed by atoms with Gasteiger partial charge < -0.3 is 24.4 Å². The van der Waals surface area contributed by atoms with Gasteiger partial charge in [-0.1, -0.05) is 18.2 Å². The van der Waals surface area contributed by atoms with Gasteiger partial charge in [-0.05, 0) is 54.1 Å². The number of anilines is 1. The molecule has 2 amide bonds. The number of hydrogen-bond donors (Lipinski definition) is 1. The second-order valence-corrected chi connectivity index (χ2v) is 7.25. The van der Waals surface area contributed by atoms with Crippen LogP contribution in [0.5, 0.6) is 17.2 Å². The summed E-state index contributed by atoms with van der Waals surface area (Å²) in [7, 11) is 4.45. The van der Waals surface area contributed by atoms with E-state index in [2.05, 4.69) is 10.1 Å². The maximum Gasteiger partial charge on any atom is 0.387 e. The number of amides is 2. The van der Waals surface area contributed by atoms with Crippen molar-refractivity contribution in [3.63, 3.8) is 0 Å². The molecular formula is C25H24F2N2O5. The van der Waals surface area contributed by atoms with Crippen molar-refractivity contribution in [2.75, 3.05) is 26.6 Å². The third-order valence-corrected chi connectivity index (χ3v) is 4.97. The molecule has 0 fully saturated rings. The number of methoxy groups -OCH3 is 2. The van der Waals surface area contributed by atoms with Crippen LogP contribution in [0.1, 0.15) is 26.3 Å². The minimum atomic E-state index is -3.01. The summed E-state index contributed by atoms with van der Waals surface area (Å²) in [5, 5.41) is 2.76. The summed E-state index contributed by atoms with van der Waals surface area (Å²) < 4.78 is 40.1. The smallest absolute Gasteiger partial charge is 0.387 e. The first-order chi connectivity index (χ1) is 16.3. The highest BCUT2D eigenvalue weighted by atomic mass is 19.3. The Labute approximate surface area is 195 Å². The van der Waals surface area contributed by atoms with E-state index in [0.29, 0.717) is 22.6 Å². The normalized spacial score (nSPS) is 10.5. The van der Waals surface area contributed by atoms with Gasteiger partial charge in [-0.2, -0.15) is 8.78 Å². The Kier molecular flexibility index (Phi) is 8.02. The molecule has 0 aliphatic heterocycles. The molecular weight excluding hydrogens is 446 g/mol. The Hall–Kier alpha value is -4.14. The lowest BCUT2D eigenvalue weighted by atomic mass is 10.1. The molecule has 0 aliphatic carbocycles. The third kappa shape index (κ3) is 6.00. The maximum absolute atomic E-state index is 13.1. The standard InChI is InChI=1S/C25H24F2N2O5/c1-29(15-16-8-13-21(33-3)22(14-16)34-25(26)27)24(31)19-6-4-5-7-20(19)28-23(30)17-9-11-18(32-2)12-10-17/h4-14,25H,15H2,1-3H3,(H,28,30). The second kappa shape index (κ2) is 11.1. The molecule has 3 rings (SSSR count). The summed E-state index contributed by atoms with van der Waals surface area (Å²) in [6.45, 7) is -2.90. The van der Waals surface area contributed by atoms with Crippen LogP contribution in [0.2, 0.25) is 0 Å². The van der Waals surface area contributed by atoms with Crippen molar-refractivity contribution in [1.29, 1.82) is 0 Å². The molecule has 0 bridgehead atoms. The summed E-state index contributed by atoms with van der Waals surface area (Å²) >= 11 is 0. The molecule has 1 N–H and O–H groups in total. The lowest BCUT2D eigenvalue weighted by Crippen LogP contribution is -2.27. The van der Waals surface area contributed by atoms with Gasteiger partial charge in [0.15, 0.2) is 11.5 Å². The monoisotopic (exact) mass is 470 g/mol. The van der Waals surface area contributed by atoms with E-state index in [1.54, 1.807) is 61.6 Å². The van der Waals surface area contributed by atoms with Crippen LogP contribution in [0.4, 0.5) is 14.5 Å². The summed E-state index contributed by atoms with van der Waals surface area (Å²) in [5.41, 5.74) is 1.59. The van der Waals surface area contributed by atoms with Gasteiger partial charge in [0.1, 0.15) is 5.75 Å². The number of nitrogens with one attached hydrogen (secondary N) is 1. The van der Waals surface area contributed by atoms with Crippen molar-refractivity contribution < 1.29 is 32.6 Å². The molecule has 0 radical (unpaired) electrons. The van der Waals surface area contributed by atoms with Gasteiger partial charge >= 0.3 is 6.61 Å². The number of nitrogens with zero attached hydrogens (tertiary/aromatic N) is 1. The highest BCUT2D eigenvalue weighted by Gasteiger charge is 2.19. The molecule has 0 heterocycles. The first kappa shape index (κ1) is 24.5. The highest BCUT2D eigenvalue weighted by molar-refractivity contribution is 6.09. The van der Waals surface area contributed by atoms with Crippen LogP contribution in [0.25, 0.3) is 0 Å². The molecule has 3 aromatic rings. The molecule has 0 saturated heterocycles. The minimum Gasteiger partial charge on any atom is -0.497 e. The van der Waals surface area contributed by atoms with Crippen LogP contribution in [0.15, 0.2) is 66.7 Å². The lowest BCUT2D eigenvalue weighted by Gasteiger charge is -2.20. The van der Waals surface area contributed by atoms with Gasteiger partial charge in [0, 0.05) is 19.2 Å². The van der Waals surface area contributed by atoms with Gasteiger partial charge in [-0.25, -0.2) is 0 Å². The largest absolute Gasteiger partial charge is 0.497 e. The van der Waals surface area contributed by atoms with E-state index in [9.17, 15) is 18.4 Å². The first-order valence-electron chi connectivity index (χ1n) is 10.2. The van der Waals surface area contributed by atoms with Crippen LogP contribution in [0, 0.1) is 0 Å². The molecule has 0 unspecified atom stereocenters. The number of benzene rings is 3. The Morgan fingerprint density at radius 3 is 2.29 bits per heavy atom. The third-order valence-electron chi connectivity index (χ3n) is 4.97. The van der Waals surface area contributed by atoms with Crippen LogP contribution in [-0.4, -0.2) is 44.6 Å². The number of carbonyl (C=O) groups is 2. The molecule has 34 heavy (non-hydrogen) atoms. The van der Waals surface area contributed by atoms with Crippen LogP contribution in [-0.2, 0) is 6.54 Å².